The van der Waals surface area contributed by atoms with E-state index in [9.17, 15) is 4.79 Å². The molecule has 2 aromatic carbocycles. The Labute approximate surface area is 131 Å². The second-order valence-corrected chi connectivity index (χ2v) is 5.88. The van der Waals surface area contributed by atoms with Crippen LogP contribution in [-0.2, 0) is 0 Å². The van der Waals surface area contributed by atoms with E-state index in [1.165, 1.54) is 7.11 Å². The first-order valence-corrected chi connectivity index (χ1v) is 7.26. The largest absolute Gasteiger partial charge is 0.496 e. The summed E-state index contributed by atoms with van der Waals surface area (Å²) in [6.07, 6.45) is 0. The maximum Gasteiger partial charge on any atom is 0.197 e. The van der Waals surface area contributed by atoms with E-state index in [0.717, 1.165) is 15.6 Å². The van der Waals surface area contributed by atoms with Crippen LogP contribution in [0.5, 0.6) is 5.75 Å². The normalized spacial score (nSPS) is 10.4. The number of ether oxygens (including phenoxy) is 1. The summed E-state index contributed by atoms with van der Waals surface area (Å²) in [7, 11) is 1.53. The monoisotopic (exact) mass is 352 g/mol. The molecule has 2 rings (SSSR count). The highest BCUT2D eigenvalue weighted by atomic mass is 79.9. The summed E-state index contributed by atoms with van der Waals surface area (Å²) in [5.74, 6) is 0.425. The number of hydrogen-bond donors (Lipinski definition) is 0. The van der Waals surface area contributed by atoms with E-state index >= 15 is 0 Å². The molecule has 0 aromatic heterocycles. The molecule has 0 bridgehead atoms. The lowest BCUT2D eigenvalue weighted by molar-refractivity contribution is 0.103. The van der Waals surface area contributed by atoms with Crippen molar-refractivity contribution in [3.63, 3.8) is 0 Å². The van der Waals surface area contributed by atoms with E-state index in [2.05, 4.69) is 15.9 Å². The fourth-order valence-electron chi connectivity index (χ4n) is 2.02. The molecule has 0 amide bonds. The third-order valence-electron chi connectivity index (χ3n) is 3.16. The van der Waals surface area contributed by atoms with Crippen LogP contribution in [0, 0.1) is 13.8 Å². The summed E-state index contributed by atoms with van der Waals surface area (Å²) in [6, 6.07) is 8.87. The summed E-state index contributed by atoms with van der Waals surface area (Å²) in [6.45, 7) is 3.87. The predicted molar refractivity (Wildman–Crippen MR) is 85.1 cm³/mol. The number of ketones is 1. The fraction of sp³-hybridized carbons (Fsp3) is 0.188. The smallest absolute Gasteiger partial charge is 0.197 e. The molecule has 2 aromatic rings. The summed E-state index contributed by atoms with van der Waals surface area (Å²) in [5.41, 5.74) is 3.13. The summed E-state index contributed by atoms with van der Waals surface area (Å²) in [4.78, 5) is 12.7. The maximum atomic E-state index is 12.7. The quantitative estimate of drug-likeness (QED) is 0.729. The van der Waals surface area contributed by atoms with Gasteiger partial charge >= 0.3 is 0 Å². The number of carbonyl (C=O) groups excluding carboxylic acids is 1. The Balaban J connectivity index is 2.54. The highest BCUT2D eigenvalue weighted by Gasteiger charge is 2.17. The number of benzene rings is 2. The first-order valence-electron chi connectivity index (χ1n) is 6.09. The Kier molecular flexibility index (Phi) is 4.51. The average molecular weight is 354 g/mol. The van der Waals surface area contributed by atoms with Gasteiger partial charge in [-0.1, -0.05) is 27.5 Å². The van der Waals surface area contributed by atoms with Crippen LogP contribution in [0.2, 0.25) is 5.02 Å². The van der Waals surface area contributed by atoms with Gasteiger partial charge in [-0.3, -0.25) is 4.79 Å². The molecule has 0 radical (unpaired) electrons. The number of rotatable bonds is 3. The van der Waals surface area contributed by atoms with Gasteiger partial charge in [-0.05, 0) is 55.3 Å². The Bertz CT molecular complexity index is 680. The van der Waals surface area contributed by atoms with E-state index in [0.29, 0.717) is 21.9 Å². The van der Waals surface area contributed by atoms with E-state index in [4.69, 9.17) is 16.3 Å². The van der Waals surface area contributed by atoms with Crippen molar-refractivity contribution >= 4 is 33.3 Å². The van der Waals surface area contributed by atoms with Gasteiger partial charge in [0.25, 0.3) is 0 Å². The van der Waals surface area contributed by atoms with Crippen LogP contribution in [-0.4, -0.2) is 12.9 Å². The molecule has 4 heteroatoms. The molecule has 0 saturated carbocycles. The molecule has 20 heavy (non-hydrogen) atoms. The van der Waals surface area contributed by atoms with Gasteiger partial charge in [-0.15, -0.1) is 0 Å². The second kappa shape index (κ2) is 5.98. The predicted octanol–water partition coefficient (Wildman–Crippen LogP) is 4.96. The van der Waals surface area contributed by atoms with Gasteiger partial charge in [-0.2, -0.15) is 0 Å². The number of methoxy groups -OCH3 is 1. The van der Waals surface area contributed by atoms with E-state index in [1.54, 1.807) is 18.2 Å². The topological polar surface area (TPSA) is 26.3 Å². The summed E-state index contributed by atoms with van der Waals surface area (Å²) < 4.78 is 6.24. The summed E-state index contributed by atoms with van der Waals surface area (Å²) >= 11 is 9.40. The van der Waals surface area contributed by atoms with Crippen LogP contribution in [0.4, 0.5) is 0 Å². The molecular weight excluding hydrogens is 340 g/mol. The minimum Gasteiger partial charge on any atom is -0.496 e. The maximum absolute atomic E-state index is 12.7. The van der Waals surface area contributed by atoms with Crippen molar-refractivity contribution < 1.29 is 9.53 Å². The first kappa shape index (κ1) is 15.1. The minimum atomic E-state index is -0.0633. The Morgan fingerprint density at radius 1 is 1.10 bits per heavy atom. The lowest BCUT2D eigenvalue weighted by atomic mass is 9.97. The van der Waals surface area contributed by atoms with Crippen molar-refractivity contribution in [2.75, 3.05) is 7.11 Å². The van der Waals surface area contributed by atoms with E-state index in [1.807, 2.05) is 26.0 Å². The van der Waals surface area contributed by atoms with Crippen molar-refractivity contribution in [1.29, 1.82) is 0 Å². The fourth-order valence-corrected chi connectivity index (χ4v) is 2.64. The number of halogens is 2. The van der Waals surface area contributed by atoms with Crippen LogP contribution < -0.4 is 4.74 Å². The second-order valence-electron chi connectivity index (χ2n) is 4.59. The zero-order valence-electron chi connectivity index (χ0n) is 11.5. The van der Waals surface area contributed by atoms with Crippen LogP contribution in [0.3, 0.4) is 0 Å². The third-order valence-corrected chi connectivity index (χ3v) is 4.25. The molecule has 0 unspecified atom stereocenters. The Hall–Kier alpha value is -1.32. The van der Waals surface area contributed by atoms with Crippen LogP contribution in [0.1, 0.15) is 27.0 Å². The van der Waals surface area contributed by atoms with Crippen molar-refractivity contribution in [3.05, 3.63) is 62.1 Å². The van der Waals surface area contributed by atoms with Gasteiger partial charge in [0.1, 0.15) is 5.75 Å². The average Bonchev–Trinajstić information content (AvgIpc) is 2.42. The van der Waals surface area contributed by atoms with Crippen LogP contribution in [0.25, 0.3) is 0 Å². The zero-order valence-corrected chi connectivity index (χ0v) is 13.8. The van der Waals surface area contributed by atoms with Crippen LogP contribution in [0.15, 0.2) is 34.8 Å². The standard InChI is InChI=1S/C16H14BrClO2/c1-9-7-14(17)10(2)6-13(9)16(19)12-5-4-11(18)8-15(12)20-3/h4-8H,1-3H3. The van der Waals surface area contributed by atoms with E-state index in [-0.39, 0.29) is 5.78 Å². The van der Waals surface area contributed by atoms with E-state index < -0.39 is 0 Å². The lowest BCUT2D eigenvalue weighted by Gasteiger charge is -2.11. The molecule has 0 aliphatic carbocycles. The van der Waals surface area contributed by atoms with Gasteiger partial charge in [0, 0.05) is 15.1 Å². The highest BCUT2D eigenvalue weighted by molar-refractivity contribution is 9.10. The molecular formula is C16H14BrClO2. The van der Waals surface area contributed by atoms with Crippen molar-refractivity contribution in [2.24, 2.45) is 0 Å². The molecule has 0 spiro atoms. The van der Waals surface area contributed by atoms with Gasteiger partial charge < -0.3 is 4.74 Å². The van der Waals surface area contributed by atoms with Gasteiger partial charge in [0.2, 0.25) is 0 Å². The molecule has 0 N–H and O–H groups in total. The summed E-state index contributed by atoms with van der Waals surface area (Å²) in [5, 5.41) is 0.544. The number of hydrogen-bond acceptors (Lipinski definition) is 2. The molecule has 104 valence electrons. The van der Waals surface area contributed by atoms with Gasteiger partial charge in [-0.25, -0.2) is 0 Å². The molecule has 0 aliphatic heterocycles. The number of aryl methyl sites for hydroxylation is 2. The molecule has 0 aliphatic rings. The zero-order chi connectivity index (χ0) is 14.9. The van der Waals surface area contributed by atoms with Crippen molar-refractivity contribution in [3.8, 4) is 5.75 Å². The molecule has 2 nitrogen and oxygen atoms in total. The lowest BCUT2D eigenvalue weighted by Crippen LogP contribution is -2.06. The molecule has 0 atom stereocenters. The Morgan fingerprint density at radius 2 is 1.80 bits per heavy atom. The SMILES string of the molecule is COc1cc(Cl)ccc1C(=O)c1cc(C)c(Br)cc1C. The van der Waals surface area contributed by atoms with Crippen LogP contribution >= 0.6 is 27.5 Å². The molecule has 0 fully saturated rings. The minimum absolute atomic E-state index is 0.0633. The van der Waals surface area contributed by atoms with Gasteiger partial charge in [0.05, 0.1) is 12.7 Å². The molecule has 0 heterocycles. The Morgan fingerprint density at radius 3 is 2.45 bits per heavy atom. The van der Waals surface area contributed by atoms with Crippen molar-refractivity contribution in [1.82, 2.24) is 0 Å². The highest BCUT2D eigenvalue weighted by Crippen LogP contribution is 2.28. The molecule has 0 saturated heterocycles. The van der Waals surface area contributed by atoms with Crippen molar-refractivity contribution in [2.45, 2.75) is 13.8 Å². The third kappa shape index (κ3) is 2.89. The first-order chi connectivity index (χ1) is 9.43. The van der Waals surface area contributed by atoms with Gasteiger partial charge in [0.15, 0.2) is 5.78 Å². The number of carbonyl (C=O) groups is 1.